The van der Waals surface area contributed by atoms with Crippen LogP contribution in [0.3, 0.4) is 0 Å². The van der Waals surface area contributed by atoms with Gasteiger partial charge in [-0.05, 0) is 32.8 Å². The number of benzene rings is 1. The van der Waals surface area contributed by atoms with Crippen LogP contribution in [0.4, 0.5) is 0 Å². The molecule has 148 valence electrons. The number of ether oxygens (including phenoxy) is 1. The predicted molar refractivity (Wildman–Crippen MR) is 106 cm³/mol. The average molecular weight is 383 g/mol. The number of hydrogen-bond acceptors (Lipinski definition) is 4. The fourth-order valence-electron chi connectivity index (χ4n) is 3.66. The zero-order valence-electron chi connectivity index (χ0n) is 16.6. The summed E-state index contributed by atoms with van der Waals surface area (Å²) in [5.74, 6) is 0. The lowest BCUT2D eigenvalue weighted by Gasteiger charge is -2.42. The van der Waals surface area contributed by atoms with Crippen LogP contribution in [0.5, 0.6) is 0 Å². The Hall–Kier alpha value is -0.750. The number of rotatable bonds is 8. The molecule has 1 aliphatic rings. The van der Waals surface area contributed by atoms with Crippen molar-refractivity contribution in [2.45, 2.75) is 71.4 Å². The Morgan fingerprint density at radius 3 is 2.50 bits per heavy atom. The van der Waals surface area contributed by atoms with Gasteiger partial charge in [0.15, 0.2) is 0 Å². The van der Waals surface area contributed by atoms with Crippen LogP contribution < -0.4 is 10.8 Å². The van der Waals surface area contributed by atoms with Crippen molar-refractivity contribution in [2.75, 3.05) is 13.1 Å². The smallest absolute Gasteiger partial charge is 0.341 e. The highest BCUT2D eigenvalue weighted by molar-refractivity contribution is 7.53. The normalized spacial score (nSPS) is 26.4. The quantitative estimate of drug-likeness (QED) is 0.660. The summed E-state index contributed by atoms with van der Waals surface area (Å²) in [6.07, 6.45) is 1.04. The van der Waals surface area contributed by atoms with E-state index < -0.39 is 13.8 Å². The number of hydrogen-bond donors (Lipinski definition) is 2. The van der Waals surface area contributed by atoms with Crippen molar-refractivity contribution in [3.8, 4) is 0 Å². The van der Waals surface area contributed by atoms with Gasteiger partial charge in [-0.2, -0.15) is 0 Å². The van der Waals surface area contributed by atoms with Gasteiger partial charge in [-0.3, -0.25) is 14.4 Å². The van der Waals surface area contributed by atoms with Gasteiger partial charge < -0.3 is 4.74 Å². The third kappa shape index (κ3) is 5.88. The molecule has 2 rings (SSSR count). The van der Waals surface area contributed by atoms with Crippen molar-refractivity contribution in [3.05, 3.63) is 35.9 Å². The molecule has 1 aromatic rings. The van der Waals surface area contributed by atoms with Crippen molar-refractivity contribution in [1.29, 1.82) is 0 Å². The van der Waals surface area contributed by atoms with E-state index in [9.17, 15) is 4.57 Å². The molecule has 0 bridgehead atoms. The van der Waals surface area contributed by atoms with Crippen molar-refractivity contribution in [3.63, 3.8) is 0 Å². The van der Waals surface area contributed by atoms with Gasteiger partial charge in [0.05, 0.1) is 12.2 Å². The van der Waals surface area contributed by atoms with E-state index in [2.05, 4.69) is 26.1 Å². The third-order valence-electron chi connectivity index (χ3n) is 4.75. The van der Waals surface area contributed by atoms with Gasteiger partial charge in [0, 0.05) is 25.0 Å². The van der Waals surface area contributed by atoms with Crippen LogP contribution in [0.2, 0.25) is 0 Å². The molecule has 1 heterocycles. The molecule has 0 aromatic heterocycles. The molecule has 7 heteroatoms. The van der Waals surface area contributed by atoms with Crippen LogP contribution in [0.15, 0.2) is 30.3 Å². The van der Waals surface area contributed by atoms with Crippen LogP contribution in [0, 0.1) is 0 Å². The van der Waals surface area contributed by atoms with Gasteiger partial charge in [-0.25, -0.2) is 10.2 Å². The molecule has 3 N–H and O–H groups in total. The van der Waals surface area contributed by atoms with Crippen molar-refractivity contribution in [1.82, 2.24) is 9.99 Å². The first-order chi connectivity index (χ1) is 12.2. The highest BCUT2D eigenvalue weighted by Gasteiger charge is 2.36. The average Bonchev–Trinajstić information content (AvgIpc) is 2.53. The van der Waals surface area contributed by atoms with E-state index in [1.165, 1.54) is 0 Å². The molecule has 0 amide bonds. The summed E-state index contributed by atoms with van der Waals surface area (Å²) in [7, 11) is -3.39. The van der Waals surface area contributed by atoms with E-state index in [0.717, 1.165) is 12.0 Å². The van der Waals surface area contributed by atoms with E-state index in [-0.39, 0.29) is 17.9 Å². The minimum atomic E-state index is -3.39. The van der Waals surface area contributed by atoms with Crippen LogP contribution in [-0.2, 0) is 13.8 Å². The lowest BCUT2D eigenvalue weighted by molar-refractivity contribution is -0.101. The summed E-state index contributed by atoms with van der Waals surface area (Å²) in [5.41, 5.74) is 7.04. The van der Waals surface area contributed by atoms with Gasteiger partial charge in [0.2, 0.25) is 0 Å². The Morgan fingerprint density at radius 1 is 1.35 bits per heavy atom. The topological polar surface area (TPSA) is 76.8 Å². The number of nitrogens with two attached hydrogens (primary N) is 1. The standard InChI is InChI=1S/C19H34N3O3P/c1-6-22(7-2)26(20,23)25-17(16-11-9-8-10-12-16)13-18-21-19(4,5)14-15(3)24-18/h8-12,15,17-18,21H,6-7,13-14H2,1-5H3,(H2,20,23). The Kier molecular flexibility index (Phi) is 7.43. The lowest BCUT2D eigenvalue weighted by Crippen LogP contribution is -2.55. The van der Waals surface area contributed by atoms with Crippen LogP contribution in [-0.4, -0.2) is 35.6 Å². The summed E-state index contributed by atoms with van der Waals surface area (Å²) in [6.45, 7) is 11.4. The largest absolute Gasteiger partial charge is 0.360 e. The Morgan fingerprint density at radius 2 is 1.96 bits per heavy atom. The van der Waals surface area contributed by atoms with E-state index in [4.69, 9.17) is 14.8 Å². The number of nitrogens with zero attached hydrogens (tertiary/aromatic N) is 1. The molecule has 4 unspecified atom stereocenters. The Bertz CT molecular complexity index is 607. The molecule has 1 saturated heterocycles. The second-order valence-electron chi connectivity index (χ2n) is 7.61. The SMILES string of the molecule is CCN(CC)P(N)(=O)OC(CC1NC(C)(C)CC(C)O1)c1ccccc1. The van der Waals surface area contributed by atoms with E-state index in [1.807, 2.05) is 44.2 Å². The first kappa shape index (κ1) is 21.5. The molecule has 0 aliphatic carbocycles. The first-order valence-electron chi connectivity index (χ1n) is 9.47. The molecule has 4 atom stereocenters. The van der Waals surface area contributed by atoms with E-state index in [0.29, 0.717) is 19.5 Å². The van der Waals surface area contributed by atoms with Crippen LogP contribution in [0.1, 0.15) is 59.1 Å². The van der Waals surface area contributed by atoms with Crippen molar-refractivity contribution in [2.24, 2.45) is 5.50 Å². The maximum Gasteiger partial charge on any atom is 0.341 e. The summed E-state index contributed by atoms with van der Waals surface area (Å²) >= 11 is 0. The minimum absolute atomic E-state index is 0.0190. The monoisotopic (exact) mass is 383 g/mol. The molecule has 6 nitrogen and oxygen atoms in total. The molecule has 0 saturated carbocycles. The Balaban J connectivity index is 2.21. The molecular formula is C19H34N3O3P. The van der Waals surface area contributed by atoms with Gasteiger partial charge in [-0.15, -0.1) is 0 Å². The summed E-state index contributed by atoms with van der Waals surface area (Å²) < 4.78 is 26.8. The summed E-state index contributed by atoms with van der Waals surface area (Å²) in [5, 5.41) is 3.52. The summed E-state index contributed by atoms with van der Waals surface area (Å²) in [4.78, 5) is 0. The third-order valence-corrected chi connectivity index (χ3v) is 6.66. The maximum absolute atomic E-state index is 13.0. The molecule has 0 spiro atoms. The van der Waals surface area contributed by atoms with Crippen LogP contribution >= 0.6 is 7.67 Å². The number of nitrogens with one attached hydrogen (secondary N) is 1. The molecular weight excluding hydrogens is 349 g/mol. The first-order valence-corrected chi connectivity index (χ1v) is 11.1. The second kappa shape index (κ2) is 8.96. The maximum atomic E-state index is 13.0. The van der Waals surface area contributed by atoms with Gasteiger partial charge >= 0.3 is 7.67 Å². The molecule has 1 fully saturated rings. The van der Waals surface area contributed by atoms with E-state index >= 15 is 0 Å². The van der Waals surface area contributed by atoms with Crippen molar-refractivity contribution >= 4 is 7.67 Å². The summed E-state index contributed by atoms with van der Waals surface area (Å²) in [6, 6.07) is 9.81. The molecule has 1 aromatic carbocycles. The fourth-order valence-corrected chi connectivity index (χ4v) is 5.15. The molecule has 0 radical (unpaired) electrons. The van der Waals surface area contributed by atoms with Crippen LogP contribution in [0.25, 0.3) is 0 Å². The molecule has 1 aliphatic heterocycles. The molecule has 26 heavy (non-hydrogen) atoms. The zero-order chi connectivity index (χ0) is 19.4. The van der Waals surface area contributed by atoms with Gasteiger partial charge in [0.1, 0.15) is 6.23 Å². The Labute approximate surface area is 158 Å². The predicted octanol–water partition coefficient (Wildman–Crippen LogP) is 4.05. The van der Waals surface area contributed by atoms with Gasteiger partial charge in [-0.1, -0.05) is 44.2 Å². The second-order valence-corrected chi connectivity index (χ2v) is 9.52. The fraction of sp³-hybridized carbons (Fsp3) is 0.684. The minimum Gasteiger partial charge on any atom is -0.360 e. The van der Waals surface area contributed by atoms with Gasteiger partial charge in [0.25, 0.3) is 0 Å². The zero-order valence-corrected chi connectivity index (χ0v) is 17.5. The van der Waals surface area contributed by atoms with E-state index in [1.54, 1.807) is 4.67 Å². The van der Waals surface area contributed by atoms with Crippen molar-refractivity contribution < 1.29 is 13.8 Å². The lowest BCUT2D eigenvalue weighted by atomic mass is 9.94. The highest BCUT2D eigenvalue weighted by Crippen LogP contribution is 2.48. The highest BCUT2D eigenvalue weighted by atomic mass is 31.2.